The van der Waals surface area contributed by atoms with E-state index >= 15 is 0 Å². The molecular formula is C14H16N2OS. The van der Waals surface area contributed by atoms with Gasteiger partial charge < -0.3 is 4.90 Å². The minimum absolute atomic E-state index is 0.0402. The molecule has 2 rings (SSSR count). The molecule has 0 aliphatic heterocycles. The summed E-state index contributed by atoms with van der Waals surface area (Å²) in [4.78, 5) is 19.5. The molecule has 1 amide bonds. The van der Waals surface area contributed by atoms with Crippen LogP contribution in [0.4, 0.5) is 0 Å². The van der Waals surface area contributed by atoms with Gasteiger partial charge in [-0.05, 0) is 37.4 Å². The number of aryl methyl sites for hydroxylation is 1. The molecule has 2 aromatic rings. The van der Waals surface area contributed by atoms with Crippen LogP contribution in [0.25, 0.3) is 0 Å². The molecule has 0 unspecified atom stereocenters. The van der Waals surface area contributed by atoms with Crippen molar-refractivity contribution in [3.8, 4) is 0 Å². The maximum absolute atomic E-state index is 12.3. The summed E-state index contributed by atoms with van der Waals surface area (Å²) in [7, 11) is 0. The van der Waals surface area contributed by atoms with Gasteiger partial charge in [-0.3, -0.25) is 9.78 Å². The van der Waals surface area contributed by atoms with Gasteiger partial charge in [0, 0.05) is 23.3 Å². The van der Waals surface area contributed by atoms with Crippen LogP contribution in [0.3, 0.4) is 0 Å². The second-order valence-corrected chi connectivity index (χ2v) is 5.12. The summed E-state index contributed by atoms with van der Waals surface area (Å²) < 4.78 is 0. The topological polar surface area (TPSA) is 33.2 Å². The number of rotatable bonds is 4. The van der Waals surface area contributed by atoms with Gasteiger partial charge in [-0.1, -0.05) is 6.07 Å². The molecule has 0 saturated carbocycles. The van der Waals surface area contributed by atoms with Crippen LogP contribution in [0.5, 0.6) is 0 Å². The molecule has 2 heterocycles. The molecule has 2 aromatic heterocycles. The Morgan fingerprint density at radius 3 is 2.78 bits per heavy atom. The molecule has 0 aliphatic carbocycles. The van der Waals surface area contributed by atoms with Crippen LogP contribution >= 0.6 is 11.3 Å². The van der Waals surface area contributed by atoms with E-state index in [9.17, 15) is 4.79 Å². The lowest BCUT2D eigenvalue weighted by Gasteiger charge is -2.20. The molecule has 0 fully saturated rings. The maximum atomic E-state index is 12.3. The molecule has 18 heavy (non-hydrogen) atoms. The highest BCUT2D eigenvalue weighted by Gasteiger charge is 2.14. The monoisotopic (exact) mass is 260 g/mol. The predicted octanol–water partition coefficient (Wildman–Crippen LogP) is 3.11. The van der Waals surface area contributed by atoms with Crippen molar-refractivity contribution in [3.63, 3.8) is 0 Å². The average molecular weight is 260 g/mol. The van der Waals surface area contributed by atoms with E-state index in [1.54, 1.807) is 17.5 Å². The summed E-state index contributed by atoms with van der Waals surface area (Å²) in [5.74, 6) is 0.0402. The van der Waals surface area contributed by atoms with E-state index in [1.165, 1.54) is 4.88 Å². The first-order chi connectivity index (χ1) is 8.70. The molecule has 94 valence electrons. The lowest BCUT2D eigenvalue weighted by atomic mass is 10.2. The third-order valence-electron chi connectivity index (χ3n) is 2.75. The van der Waals surface area contributed by atoms with Gasteiger partial charge in [-0.2, -0.15) is 0 Å². The second kappa shape index (κ2) is 5.78. The van der Waals surface area contributed by atoms with Crippen molar-refractivity contribution in [2.24, 2.45) is 0 Å². The molecule has 0 spiro atoms. The van der Waals surface area contributed by atoms with Gasteiger partial charge in [-0.15, -0.1) is 11.3 Å². The van der Waals surface area contributed by atoms with Crippen molar-refractivity contribution >= 4 is 17.2 Å². The Bertz CT molecular complexity index is 505. The van der Waals surface area contributed by atoms with E-state index in [4.69, 9.17) is 0 Å². The summed E-state index contributed by atoms with van der Waals surface area (Å²) in [6.45, 7) is 5.27. The predicted molar refractivity (Wildman–Crippen MR) is 73.7 cm³/mol. The minimum Gasteiger partial charge on any atom is -0.334 e. The molecule has 3 nitrogen and oxygen atoms in total. The van der Waals surface area contributed by atoms with E-state index in [1.807, 2.05) is 48.4 Å². The number of amides is 1. The van der Waals surface area contributed by atoms with Gasteiger partial charge in [0.25, 0.3) is 5.91 Å². The van der Waals surface area contributed by atoms with Crippen molar-refractivity contribution in [2.45, 2.75) is 20.4 Å². The van der Waals surface area contributed by atoms with Gasteiger partial charge >= 0.3 is 0 Å². The van der Waals surface area contributed by atoms with Crippen LogP contribution in [0.1, 0.15) is 27.9 Å². The van der Waals surface area contributed by atoms with Crippen molar-refractivity contribution < 1.29 is 4.79 Å². The Morgan fingerprint density at radius 1 is 1.39 bits per heavy atom. The number of nitrogens with zero attached hydrogens (tertiary/aromatic N) is 2. The zero-order valence-corrected chi connectivity index (χ0v) is 11.4. The molecular weight excluding hydrogens is 244 g/mol. The minimum atomic E-state index is 0.0402. The number of hydrogen-bond acceptors (Lipinski definition) is 3. The Hall–Kier alpha value is -1.68. The third-order valence-corrected chi connectivity index (χ3v) is 3.62. The van der Waals surface area contributed by atoms with E-state index < -0.39 is 0 Å². The number of thiophene rings is 1. The fraction of sp³-hybridized carbons (Fsp3) is 0.286. The first-order valence-corrected chi connectivity index (χ1v) is 6.83. The summed E-state index contributed by atoms with van der Waals surface area (Å²) in [5.41, 5.74) is 1.58. The lowest BCUT2D eigenvalue weighted by molar-refractivity contribution is 0.0754. The smallest absolute Gasteiger partial charge is 0.255 e. The van der Waals surface area contributed by atoms with Crippen LogP contribution in [0.15, 0.2) is 35.8 Å². The highest BCUT2D eigenvalue weighted by Crippen LogP contribution is 2.14. The molecule has 0 radical (unpaired) electrons. The molecule has 0 aliphatic rings. The Balaban J connectivity index is 2.12. The van der Waals surface area contributed by atoms with E-state index in [0.717, 1.165) is 5.69 Å². The van der Waals surface area contributed by atoms with Crippen LogP contribution in [0.2, 0.25) is 0 Å². The molecule has 0 atom stereocenters. The zero-order valence-electron chi connectivity index (χ0n) is 10.6. The largest absolute Gasteiger partial charge is 0.334 e. The fourth-order valence-corrected chi connectivity index (χ4v) is 2.41. The van der Waals surface area contributed by atoms with Crippen molar-refractivity contribution in [1.29, 1.82) is 0 Å². The summed E-state index contributed by atoms with van der Waals surface area (Å²) >= 11 is 1.67. The number of carbonyl (C=O) groups excluding carboxylic acids is 1. The normalized spacial score (nSPS) is 10.3. The molecule has 0 bridgehead atoms. The number of pyridine rings is 1. The molecule has 0 aromatic carbocycles. The highest BCUT2D eigenvalue weighted by atomic mass is 32.1. The highest BCUT2D eigenvalue weighted by molar-refractivity contribution is 7.09. The Labute approximate surface area is 111 Å². The molecule has 0 N–H and O–H groups in total. The van der Waals surface area contributed by atoms with Gasteiger partial charge in [0.1, 0.15) is 0 Å². The van der Waals surface area contributed by atoms with Gasteiger partial charge in [0.05, 0.1) is 12.1 Å². The van der Waals surface area contributed by atoms with Crippen LogP contribution in [0, 0.1) is 6.92 Å². The Kier molecular flexibility index (Phi) is 4.10. The average Bonchev–Trinajstić information content (AvgIpc) is 2.89. The quantitative estimate of drug-likeness (QED) is 0.846. The van der Waals surface area contributed by atoms with Crippen LogP contribution in [-0.4, -0.2) is 22.3 Å². The zero-order chi connectivity index (χ0) is 13.0. The van der Waals surface area contributed by atoms with E-state index in [-0.39, 0.29) is 5.91 Å². The van der Waals surface area contributed by atoms with Crippen molar-refractivity contribution in [1.82, 2.24) is 9.88 Å². The van der Waals surface area contributed by atoms with Crippen molar-refractivity contribution in [3.05, 3.63) is 52.0 Å². The van der Waals surface area contributed by atoms with Gasteiger partial charge in [-0.25, -0.2) is 0 Å². The number of aromatic nitrogens is 1. The summed E-state index contributed by atoms with van der Waals surface area (Å²) in [6.07, 6.45) is 1.65. The van der Waals surface area contributed by atoms with Gasteiger partial charge in [0.2, 0.25) is 0 Å². The van der Waals surface area contributed by atoms with Gasteiger partial charge in [0.15, 0.2) is 0 Å². The van der Waals surface area contributed by atoms with Crippen LogP contribution in [-0.2, 0) is 6.54 Å². The van der Waals surface area contributed by atoms with E-state index in [2.05, 4.69) is 4.98 Å². The fourth-order valence-electron chi connectivity index (χ4n) is 1.69. The summed E-state index contributed by atoms with van der Waals surface area (Å²) in [5, 5.41) is 2.03. The SMILES string of the molecule is CCN(Cc1cccs1)C(=O)c1ccc(C)nc1. The first-order valence-electron chi connectivity index (χ1n) is 5.95. The standard InChI is InChI=1S/C14H16N2OS/c1-3-16(10-13-5-4-8-18-13)14(17)12-7-6-11(2)15-9-12/h4-9H,3,10H2,1-2H3. The first kappa shape index (κ1) is 12.8. The number of hydrogen-bond donors (Lipinski definition) is 0. The molecule has 4 heteroatoms. The third kappa shape index (κ3) is 2.96. The number of carbonyl (C=O) groups is 1. The molecule has 0 saturated heterocycles. The summed E-state index contributed by atoms with van der Waals surface area (Å²) in [6, 6.07) is 7.76. The van der Waals surface area contributed by atoms with Crippen molar-refractivity contribution in [2.75, 3.05) is 6.54 Å². The second-order valence-electron chi connectivity index (χ2n) is 4.09. The van der Waals surface area contributed by atoms with Crippen LogP contribution < -0.4 is 0 Å². The Morgan fingerprint density at radius 2 is 2.22 bits per heavy atom. The lowest BCUT2D eigenvalue weighted by Crippen LogP contribution is -2.30. The maximum Gasteiger partial charge on any atom is 0.255 e. The van der Waals surface area contributed by atoms with E-state index in [0.29, 0.717) is 18.7 Å².